The second-order valence-corrected chi connectivity index (χ2v) is 7.94. The van der Waals surface area contributed by atoms with Crippen molar-refractivity contribution in [3.8, 4) is 16.5 Å². The molecule has 0 N–H and O–H groups in total. The Labute approximate surface area is 187 Å². The molecule has 0 aliphatic heterocycles. The maximum atomic E-state index is 12.0. The summed E-state index contributed by atoms with van der Waals surface area (Å²) >= 11 is 1.62. The second-order valence-electron chi connectivity index (χ2n) is 7.00. The van der Waals surface area contributed by atoms with E-state index in [1.54, 1.807) is 18.3 Å². The lowest BCUT2D eigenvalue weighted by atomic mass is 10.1. The zero-order chi connectivity index (χ0) is 22.1. The van der Waals surface area contributed by atoms with Gasteiger partial charge < -0.3 is 18.6 Å². The molecule has 0 unspecified atom stereocenters. The number of benzene rings is 1. The first-order chi connectivity index (χ1) is 15.1. The highest BCUT2D eigenvalue weighted by molar-refractivity contribution is 7.13. The summed E-state index contributed by atoms with van der Waals surface area (Å²) in [5, 5.41) is 2.02. The number of aromatic nitrogens is 1. The molecule has 0 aliphatic rings. The molecule has 6 nitrogen and oxygen atoms in total. The number of carbonyl (C=O) groups is 1. The van der Waals surface area contributed by atoms with Gasteiger partial charge in [-0.2, -0.15) is 0 Å². The largest absolute Gasteiger partial charge is 0.494 e. The van der Waals surface area contributed by atoms with E-state index in [0.717, 1.165) is 40.5 Å². The molecule has 166 valence electrons. The molecule has 0 bridgehead atoms. The minimum absolute atomic E-state index is 0.324. The van der Waals surface area contributed by atoms with Crippen LogP contribution in [0.3, 0.4) is 0 Å². The molecule has 2 heterocycles. The van der Waals surface area contributed by atoms with Crippen LogP contribution in [0.2, 0.25) is 0 Å². The van der Waals surface area contributed by atoms with Crippen LogP contribution < -0.4 is 4.74 Å². The SMILES string of the molecule is CCOC(=O)[C@H](Cc1ccc(OCCCc2nc(-c3cccs3)oc2C)cc1)OCC. The molecule has 0 radical (unpaired) electrons. The molecule has 2 aromatic heterocycles. The molecule has 0 fully saturated rings. The number of hydrogen-bond acceptors (Lipinski definition) is 7. The van der Waals surface area contributed by atoms with Crippen LogP contribution in [0.1, 0.15) is 37.3 Å². The first-order valence-corrected chi connectivity index (χ1v) is 11.5. The van der Waals surface area contributed by atoms with Crippen molar-refractivity contribution in [2.24, 2.45) is 0 Å². The van der Waals surface area contributed by atoms with Gasteiger partial charge in [0.1, 0.15) is 11.5 Å². The maximum absolute atomic E-state index is 12.0. The smallest absolute Gasteiger partial charge is 0.335 e. The van der Waals surface area contributed by atoms with Crippen molar-refractivity contribution in [1.82, 2.24) is 4.98 Å². The van der Waals surface area contributed by atoms with Crippen LogP contribution in [0.15, 0.2) is 46.2 Å². The normalized spacial score (nSPS) is 12.0. The van der Waals surface area contributed by atoms with Crippen molar-refractivity contribution in [1.29, 1.82) is 0 Å². The van der Waals surface area contributed by atoms with Gasteiger partial charge in [0, 0.05) is 13.0 Å². The van der Waals surface area contributed by atoms with Crippen molar-refractivity contribution < 1.29 is 23.4 Å². The quantitative estimate of drug-likeness (QED) is 0.282. The summed E-state index contributed by atoms with van der Waals surface area (Å²) in [6.07, 6.45) is 1.54. The third-order valence-corrected chi connectivity index (χ3v) is 5.57. The summed E-state index contributed by atoms with van der Waals surface area (Å²) in [4.78, 5) is 17.7. The lowest BCUT2D eigenvalue weighted by molar-refractivity contribution is -0.156. The molecule has 0 spiro atoms. The molecule has 3 rings (SSSR count). The first-order valence-electron chi connectivity index (χ1n) is 10.6. The van der Waals surface area contributed by atoms with Crippen molar-refractivity contribution in [2.75, 3.05) is 19.8 Å². The Morgan fingerprint density at radius 2 is 1.97 bits per heavy atom. The Morgan fingerprint density at radius 1 is 1.16 bits per heavy atom. The standard InChI is InChI=1S/C24H29NO5S/c1-4-27-21(24(26)28-5-2)16-18-10-12-19(13-11-18)29-14-6-8-20-17(3)30-23(25-20)22-9-7-15-31-22/h7,9-13,15,21H,4-6,8,14,16H2,1-3H3/t21-/m0/s1. The Balaban J connectivity index is 1.46. The highest BCUT2D eigenvalue weighted by atomic mass is 32.1. The number of ether oxygens (including phenoxy) is 3. The van der Waals surface area contributed by atoms with Gasteiger partial charge in [0.15, 0.2) is 6.10 Å². The average Bonchev–Trinajstić information content (AvgIpc) is 3.42. The van der Waals surface area contributed by atoms with Gasteiger partial charge in [-0.3, -0.25) is 0 Å². The van der Waals surface area contributed by atoms with E-state index in [1.165, 1.54) is 0 Å². The molecule has 3 aromatic rings. The van der Waals surface area contributed by atoms with Crippen LogP contribution in [0.25, 0.3) is 10.8 Å². The Kier molecular flexibility index (Phi) is 8.67. The maximum Gasteiger partial charge on any atom is 0.335 e. The fourth-order valence-electron chi connectivity index (χ4n) is 3.18. The van der Waals surface area contributed by atoms with Crippen LogP contribution in [-0.4, -0.2) is 36.9 Å². The Hall–Kier alpha value is -2.64. The van der Waals surface area contributed by atoms with E-state index in [4.69, 9.17) is 18.6 Å². The molecule has 0 saturated carbocycles. The van der Waals surface area contributed by atoms with Gasteiger partial charge in [-0.25, -0.2) is 9.78 Å². The van der Waals surface area contributed by atoms with E-state index < -0.39 is 6.10 Å². The van der Waals surface area contributed by atoms with Crippen molar-refractivity contribution in [3.05, 3.63) is 58.8 Å². The van der Waals surface area contributed by atoms with Gasteiger partial charge in [-0.05, 0) is 62.8 Å². The molecule has 0 saturated heterocycles. The molecular formula is C24H29NO5S. The highest BCUT2D eigenvalue weighted by Gasteiger charge is 2.20. The predicted molar refractivity (Wildman–Crippen MR) is 121 cm³/mol. The number of nitrogens with zero attached hydrogens (tertiary/aromatic N) is 1. The molecule has 0 aliphatic carbocycles. The number of aryl methyl sites for hydroxylation is 2. The van der Waals surface area contributed by atoms with E-state index in [2.05, 4.69) is 4.98 Å². The molecular weight excluding hydrogens is 414 g/mol. The van der Waals surface area contributed by atoms with Crippen LogP contribution in [0.5, 0.6) is 5.75 Å². The zero-order valence-electron chi connectivity index (χ0n) is 18.3. The van der Waals surface area contributed by atoms with Crippen LogP contribution in [-0.2, 0) is 27.1 Å². The van der Waals surface area contributed by atoms with E-state index in [1.807, 2.05) is 55.6 Å². The number of rotatable bonds is 12. The minimum Gasteiger partial charge on any atom is -0.494 e. The predicted octanol–water partition coefficient (Wildman–Crippen LogP) is 5.23. The van der Waals surface area contributed by atoms with Gasteiger partial charge in [-0.1, -0.05) is 18.2 Å². The van der Waals surface area contributed by atoms with Crippen LogP contribution >= 0.6 is 11.3 Å². The van der Waals surface area contributed by atoms with Crippen LogP contribution in [0, 0.1) is 6.92 Å². The fourth-order valence-corrected chi connectivity index (χ4v) is 3.83. The number of oxazole rings is 1. The first kappa shape index (κ1) is 23.0. The zero-order valence-corrected chi connectivity index (χ0v) is 19.1. The van der Waals surface area contributed by atoms with Crippen molar-refractivity contribution >= 4 is 17.3 Å². The van der Waals surface area contributed by atoms with Gasteiger partial charge >= 0.3 is 5.97 Å². The number of carbonyl (C=O) groups excluding carboxylic acids is 1. The molecule has 7 heteroatoms. The molecule has 1 atom stereocenters. The van der Waals surface area contributed by atoms with E-state index in [-0.39, 0.29) is 5.97 Å². The van der Waals surface area contributed by atoms with Gasteiger partial charge in [0.2, 0.25) is 5.89 Å². The number of hydrogen-bond donors (Lipinski definition) is 0. The lowest BCUT2D eigenvalue weighted by Crippen LogP contribution is -2.28. The second kappa shape index (κ2) is 11.7. The molecule has 1 aromatic carbocycles. The molecule has 0 amide bonds. The summed E-state index contributed by atoms with van der Waals surface area (Å²) in [6, 6.07) is 11.7. The fraction of sp³-hybridized carbons (Fsp3) is 0.417. The van der Waals surface area contributed by atoms with E-state index in [0.29, 0.717) is 32.1 Å². The van der Waals surface area contributed by atoms with Gasteiger partial charge in [0.05, 0.1) is 23.8 Å². The number of esters is 1. The van der Waals surface area contributed by atoms with E-state index >= 15 is 0 Å². The van der Waals surface area contributed by atoms with Gasteiger partial charge in [0.25, 0.3) is 0 Å². The summed E-state index contributed by atoms with van der Waals surface area (Å²) in [5.74, 6) is 2.02. The van der Waals surface area contributed by atoms with E-state index in [9.17, 15) is 4.79 Å². The number of thiophene rings is 1. The topological polar surface area (TPSA) is 70.8 Å². The summed E-state index contributed by atoms with van der Waals surface area (Å²) in [5.41, 5.74) is 1.97. The Bertz CT molecular complexity index is 934. The monoisotopic (exact) mass is 443 g/mol. The third kappa shape index (κ3) is 6.67. The molecule has 31 heavy (non-hydrogen) atoms. The van der Waals surface area contributed by atoms with Crippen molar-refractivity contribution in [3.63, 3.8) is 0 Å². The average molecular weight is 444 g/mol. The highest BCUT2D eigenvalue weighted by Crippen LogP contribution is 2.26. The summed E-state index contributed by atoms with van der Waals surface area (Å²) in [7, 11) is 0. The van der Waals surface area contributed by atoms with Crippen LogP contribution in [0.4, 0.5) is 0 Å². The Morgan fingerprint density at radius 3 is 2.65 bits per heavy atom. The summed E-state index contributed by atoms with van der Waals surface area (Å²) in [6.45, 7) is 7.00. The lowest BCUT2D eigenvalue weighted by Gasteiger charge is -2.15. The minimum atomic E-state index is -0.582. The van der Waals surface area contributed by atoms with Gasteiger partial charge in [-0.15, -0.1) is 11.3 Å². The third-order valence-electron chi connectivity index (χ3n) is 4.71. The van der Waals surface area contributed by atoms with Crippen molar-refractivity contribution in [2.45, 2.75) is 46.1 Å². The summed E-state index contributed by atoms with van der Waals surface area (Å²) < 4.78 is 22.3.